The third-order valence-corrected chi connectivity index (χ3v) is 2.60. The zero-order valence-corrected chi connectivity index (χ0v) is 6.85. The molecule has 0 aliphatic heterocycles. The first-order valence-electron chi connectivity index (χ1n) is 2.84. The van der Waals surface area contributed by atoms with E-state index in [1.807, 2.05) is 13.8 Å². The van der Waals surface area contributed by atoms with E-state index in [0.717, 1.165) is 0 Å². The van der Waals surface area contributed by atoms with Crippen molar-refractivity contribution >= 4 is 7.60 Å². The quantitative estimate of drug-likeness (QED) is 0.561. The Morgan fingerprint density at radius 1 is 1.67 bits per heavy atom. The molecule has 0 aromatic carbocycles. The maximum atomic E-state index is 10.6. The third-order valence-electron chi connectivity index (χ3n) is 0.867. The maximum Gasteiger partial charge on any atom is 0.134 e. The molecule has 0 aliphatic carbocycles. The molecule has 56 valence electrons. The summed E-state index contributed by atoms with van der Waals surface area (Å²) in [6, 6.07) is 0. The standard InChI is InChI=1S/C5H13O3P/c1-5(2)4-9(6,7)8-3/h5H,4H2,1-3H3,(H,6,7)/p-1. The lowest BCUT2D eigenvalue weighted by Crippen LogP contribution is -2.10. The van der Waals surface area contributed by atoms with Crippen molar-refractivity contribution in [2.45, 2.75) is 13.8 Å². The van der Waals surface area contributed by atoms with Crippen LogP contribution in [0.3, 0.4) is 0 Å². The number of hydrogen-bond donors (Lipinski definition) is 0. The Kier molecular flexibility index (Phi) is 3.41. The highest BCUT2D eigenvalue weighted by atomic mass is 31.2. The van der Waals surface area contributed by atoms with Gasteiger partial charge in [0.15, 0.2) is 0 Å². The highest BCUT2D eigenvalue weighted by molar-refractivity contribution is 7.51. The van der Waals surface area contributed by atoms with Crippen LogP contribution in [0, 0.1) is 5.92 Å². The predicted octanol–water partition coefficient (Wildman–Crippen LogP) is 0.842. The monoisotopic (exact) mass is 151 g/mol. The van der Waals surface area contributed by atoms with Crippen molar-refractivity contribution in [1.29, 1.82) is 0 Å². The van der Waals surface area contributed by atoms with Gasteiger partial charge in [-0.25, -0.2) is 0 Å². The summed E-state index contributed by atoms with van der Waals surface area (Å²) in [4.78, 5) is 10.6. The zero-order chi connectivity index (χ0) is 7.49. The Bertz CT molecular complexity index is 121. The van der Waals surface area contributed by atoms with Gasteiger partial charge in [-0.1, -0.05) is 13.8 Å². The summed E-state index contributed by atoms with van der Waals surface area (Å²) >= 11 is 0. The lowest BCUT2D eigenvalue weighted by Gasteiger charge is -2.22. The molecule has 4 heteroatoms. The largest absolute Gasteiger partial charge is 0.778 e. The molecule has 1 unspecified atom stereocenters. The minimum absolute atomic E-state index is 0.128. The first kappa shape index (κ1) is 9.15. The highest BCUT2D eigenvalue weighted by Crippen LogP contribution is 2.37. The maximum absolute atomic E-state index is 10.6. The molecule has 3 nitrogen and oxygen atoms in total. The summed E-state index contributed by atoms with van der Waals surface area (Å²) in [5, 5.41) is 0. The van der Waals surface area contributed by atoms with Crippen LogP contribution in [0.15, 0.2) is 0 Å². The van der Waals surface area contributed by atoms with Crippen LogP contribution in [0.25, 0.3) is 0 Å². The van der Waals surface area contributed by atoms with Gasteiger partial charge in [-0.2, -0.15) is 0 Å². The van der Waals surface area contributed by atoms with Gasteiger partial charge in [0.2, 0.25) is 0 Å². The molecule has 1 atom stereocenters. The molecule has 0 rings (SSSR count). The van der Waals surface area contributed by atoms with Crippen molar-refractivity contribution < 1.29 is 14.0 Å². The average Bonchev–Trinajstić information content (AvgIpc) is 1.63. The molecule has 0 aromatic rings. The topological polar surface area (TPSA) is 49.4 Å². The number of hydrogen-bond acceptors (Lipinski definition) is 3. The van der Waals surface area contributed by atoms with Gasteiger partial charge < -0.3 is 14.0 Å². The normalized spacial score (nSPS) is 17.9. The van der Waals surface area contributed by atoms with Crippen molar-refractivity contribution in [3.63, 3.8) is 0 Å². The summed E-state index contributed by atoms with van der Waals surface area (Å²) in [6.07, 6.45) is 0.128. The smallest absolute Gasteiger partial charge is 0.134 e. The SMILES string of the molecule is COP(=O)([O-])CC(C)C. The molecule has 0 radical (unpaired) electrons. The summed E-state index contributed by atoms with van der Waals surface area (Å²) < 4.78 is 14.9. The molecule has 0 aliphatic rings. The van der Waals surface area contributed by atoms with Crippen LogP contribution in [0.1, 0.15) is 13.8 Å². The lowest BCUT2D eigenvalue weighted by atomic mass is 10.3. The van der Waals surface area contributed by atoms with Crippen LogP contribution in [0.4, 0.5) is 0 Å². The minimum Gasteiger partial charge on any atom is -0.778 e. The predicted molar refractivity (Wildman–Crippen MR) is 34.3 cm³/mol. The molecular formula is C5H12O3P-. The Labute approximate surface area is 55.6 Å². The van der Waals surface area contributed by atoms with Crippen molar-refractivity contribution in [1.82, 2.24) is 0 Å². The van der Waals surface area contributed by atoms with E-state index in [9.17, 15) is 9.46 Å². The van der Waals surface area contributed by atoms with Crippen molar-refractivity contribution in [3.05, 3.63) is 0 Å². The van der Waals surface area contributed by atoms with Crippen molar-refractivity contribution in [3.8, 4) is 0 Å². The van der Waals surface area contributed by atoms with Gasteiger partial charge in [-0.15, -0.1) is 0 Å². The third kappa shape index (κ3) is 4.64. The summed E-state index contributed by atoms with van der Waals surface area (Å²) in [5.41, 5.74) is 0. The van der Waals surface area contributed by atoms with Crippen molar-refractivity contribution in [2.75, 3.05) is 13.3 Å². The van der Waals surface area contributed by atoms with Crippen LogP contribution in [0.5, 0.6) is 0 Å². The summed E-state index contributed by atoms with van der Waals surface area (Å²) in [6.45, 7) is 3.67. The molecule has 9 heavy (non-hydrogen) atoms. The van der Waals surface area contributed by atoms with E-state index >= 15 is 0 Å². The van der Waals surface area contributed by atoms with Gasteiger partial charge in [0.1, 0.15) is 7.60 Å². The van der Waals surface area contributed by atoms with E-state index in [2.05, 4.69) is 4.52 Å². The average molecular weight is 151 g/mol. The van der Waals surface area contributed by atoms with E-state index in [0.29, 0.717) is 0 Å². The second kappa shape index (κ2) is 3.35. The van der Waals surface area contributed by atoms with Crippen LogP contribution in [-0.2, 0) is 9.09 Å². The van der Waals surface area contributed by atoms with Gasteiger partial charge in [0.05, 0.1) is 0 Å². The van der Waals surface area contributed by atoms with Crippen LogP contribution in [-0.4, -0.2) is 13.3 Å². The Morgan fingerprint density at radius 2 is 2.11 bits per heavy atom. The highest BCUT2D eigenvalue weighted by Gasteiger charge is 2.07. The molecule has 0 heterocycles. The second-order valence-corrected chi connectivity index (χ2v) is 4.32. The lowest BCUT2D eigenvalue weighted by molar-refractivity contribution is -0.196. The van der Waals surface area contributed by atoms with Gasteiger partial charge in [-0.3, -0.25) is 0 Å². The Balaban J connectivity index is 3.73. The van der Waals surface area contributed by atoms with Crippen LogP contribution < -0.4 is 4.89 Å². The first-order chi connectivity index (χ1) is 3.98. The van der Waals surface area contributed by atoms with Crippen LogP contribution >= 0.6 is 7.60 Å². The van der Waals surface area contributed by atoms with E-state index < -0.39 is 7.60 Å². The molecule has 0 aromatic heterocycles. The van der Waals surface area contributed by atoms with E-state index in [4.69, 9.17) is 0 Å². The van der Waals surface area contributed by atoms with Gasteiger partial charge in [-0.05, 0) is 5.92 Å². The van der Waals surface area contributed by atoms with Gasteiger partial charge in [0, 0.05) is 13.3 Å². The molecule has 0 bridgehead atoms. The molecular weight excluding hydrogens is 139 g/mol. The molecule has 0 fully saturated rings. The minimum atomic E-state index is -3.48. The number of rotatable bonds is 3. The van der Waals surface area contributed by atoms with Gasteiger partial charge >= 0.3 is 0 Å². The molecule has 0 saturated carbocycles. The second-order valence-electron chi connectivity index (χ2n) is 2.37. The summed E-state index contributed by atoms with van der Waals surface area (Å²) in [7, 11) is -2.29. The van der Waals surface area contributed by atoms with Crippen molar-refractivity contribution in [2.24, 2.45) is 5.92 Å². The van der Waals surface area contributed by atoms with E-state index in [-0.39, 0.29) is 12.1 Å². The molecule has 0 spiro atoms. The van der Waals surface area contributed by atoms with E-state index in [1.54, 1.807) is 0 Å². The first-order valence-corrected chi connectivity index (χ1v) is 4.56. The Morgan fingerprint density at radius 3 is 2.22 bits per heavy atom. The zero-order valence-electron chi connectivity index (χ0n) is 5.96. The van der Waals surface area contributed by atoms with Gasteiger partial charge in [0.25, 0.3) is 0 Å². The fourth-order valence-electron chi connectivity index (χ4n) is 0.522. The fourth-order valence-corrected chi connectivity index (χ4v) is 1.57. The Hall–Kier alpha value is 0.150. The molecule has 0 amide bonds. The molecule has 0 N–H and O–H groups in total. The van der Waals surface area contributed by atoms with Crippen LogP contribution in [0.2, 0.25) is 0 Å². The summed E-state index contributed by atoms with van der Waals surface area (Å²) in [5.74, 6) is 0.147. The van der Waals surface area contributed by atoms with E-state index in [1.165, 1.54) is 7.11 Å². The molecule has 0 saturated heterocycles. The fraction of sp³-hybridized carbons (Fsp3) is 1.00.